The lowest BCUT2D eigenvalue weighted by molar-refractivity contribution is 0.238. The molecule has 2 N–H and O–H groups in total. The lowest BCUT2D eigenvalue weighted by Gasteiger charge is -2.15. The average Bonchev–Trinajstić information content (AvgIpc) is 2.88. The Morgan fingerprint density at radius 2 is 2.04 bits per heavy atom. The molecule has 7 nitrogen and oxygen atoms in total. The molecule has 0 saturated carbocycles. The van der Waals surface area contributed by atoms with E-state index in [4.69, 9.17) is 0 Å². The van der Waals surface area contributed by atoms with Gasteiger partial charge in [0, 0.05) is 45.6 Å². The lowest BCUT2D eigenvalue weighted by Crippen LogP contribution is -2.38. The molecule has 2 heterocycles. The SMILES string of the molecule is Cc1cc(C)n(CC(C)CNC(=O)NCc2ccnc(N(C)C)c2)n1. The van der Waals surface area contributed by atoms with Gasteiger partial charge < -0.3 is 15.5 Å². The molecule has 0 radical (unpaired) electrons. The number of aryl methyl sites for hydroxylation is 2. The van der Waals surface area contributed by atoms with Gasteiger partial charge in [0.2, 0.25) is 0 Å². The van der Waals surface area contributed by atoms with Crippen LogP contribution in [0.4, 0.5) is 10.6 Å². The Morgan fingerprint density at radius 3 is 2.68 bits per heavy atom. The number of amides is 2. The van der Waals surface area contributed by atoms with E-state index < -0.39 is 0 Å². The van der Waals surface area contributed by atoms with Crippen molar-refractivity contribution in [1.29, 1.82) is 0 Å². The summed E-state index contributed by atoms with van der Waals surface area (Å²) in [5.74, 6) is 1.17. The first-order valence-corrected chi connectivity index (χ1v) is 8.50. The monoisotopic (exact) mass is 344 g/mol. The first-order valence-electron chi connectivity index (χ1n) is 8.50. The van der Waals surface area contributed by atoms with Gasteiger partial charge in [0.15, 0.2) is 0 Å². The maximum Gasteiger partial charge on any atom is 0.315 e. The molecule has 0 saturated heterocycles. The van der Waals surface area contributed by atoms with Crippen LogP contribution in [-0.4, -0.2) is 41.4 Å². The molecule has 2 rings (SSSR count). The van der Waals surface area contributed by atoms with Gasteiger partial charge in [0.1, 0.15) is 5.82 Å². The molecule has 1 unspecified atom stereocenters. The maximum atomic E-state index is 12.0. The van der Waals surface area contributed by atoms with Crippen LogP contribution in [0.5, 0.6) is 0 Å². The summed E-state index contributed by atoms with van der Waals surface area (Å²) in [7, 11) is 3.88. The fourth-order valence-corrected chi connectivity index (χ4v) is 2.55. The normalized spacial score (nSPS) is 11.9. The first kappa shape index (κ1) is 18.8. The predicted octanol–water partition coefficient (Wildman–Crippen LogP) is 2.10. The van der Waals surface area contributed by atoms with Gasteiger partial charge in [-0.15, -0.1) is 0 Å². The van der Waals surface area contributed by atoms with Gasteiger partial charge in [0.25, 0.3) is 0 Å². The number of aromatic nitrogens is 3. The second kappa shape index (κ2) is 8.50. The molecule has 2 aromatic rings. The van der Waals surface area contributed by atoms with E-state index in [2.05, 4.69) is 33.7 Å². The highest BCUT2D eigenvalue weighted by Crippen LogP contribution is 2.09. The van der Waals surface area contributed by atoms with Crippen LogP contribution in [0, 0.1) is 19.8 Å². The summed E-state index contributed by atoms with van der Waals surface area (Å²) in [4.78, 5) is 18.2. The number of carbonyl (C=O) groups is 1. The van der Waals surface area contributed by atoms with Crippen LogP contribution >= 0.6 is 0 Å². The molecule has 2 amide bonds. The third-order valence-corrected chi connectivity index (χ3v) is 3.92. The van der Waals surface area contributed by atoms with Crippen LogP contribution in [-0.2, 0) is 13.1 Å². The molecule has 0 bridgehead atoms. The number of carbonyl (C=O) groups excluding carboxylic acids is 1. The largest absolute Gasteiger partial charge is 0.363 e. The minimum atomic E-state index is -0.163. The highest BCUT2D eigenvalue weighted by Gasteiger charge is 2.09. The molecule has 1 atom stereocenters. The van der Waals surface area contributed by atoms with E-state index in [9.17, 15) is 4.79 Å². The molecule has 0 aliphatic heterocycles. The minimum absolute atomic E-state index is 0.163. The Kier molecular flexibility index (Phi) is 6.38. The summed E-state index contributed by atoms with van der Waals surface area (Å²) in [5.41, 5.74) is 3.18. The van der Waals surface area contributed by atoms with Gasteiger partial charge in [-0.1, -0.05) is 6.92 Å². The second-order valence-electron chi connectivity index (χ2n) is 6.69. The van der Waals surface area contributed by atoms with Gasteiger partial charge in [0.05, 0.1) is 5.69 Å². The van der Waals surface area contributed by atoms with Crippen molar-refractivity contribution in [2.75, 3.05) is 25.5 Å². The number of hydrogen-bond acceptors (Lipinski definition) is 4. The number of hydrogen-bond donors (Lipinski definition) is 2. The van der Waals surface area contributed by atoms with Crippen LogP contribution in [0.2, 0.25) is 0 Å². The van der Waals surface area contributed by atoms with E-state index in [-0.39, 0.29) is 6.03 Å². The zero-order valence-corrected chi connectivity index (χ0v) is 15.7. The van der Waals surface area contributed by atoms with E-state index in [0.717, 1.165) is 29.3 Å². The zero-order chi connectivity index (χ0) is 18.4. The van der Waals surface area contributed by atoms with Crippen LogP contribution in [0.1, 0.15) is 23.9 Å². The standard InChI is InChI=1S/C18H28N6O/c1-13(12-24-15(3)8-14(2)22-24)10-20-18(25)21-11-16-6-7-19-17(9-16)23(4)5/h6-9,13H,10-12H2,1-5H3,(H2,20,21,25). The molecule has 0 aromatic carbocycles. The highest BCUT2D eigenvalue weighted by atomic mass is 16.2. The first-order chi connectivity index (χ1) is 11.8. The summed E-state index contributed by atoms with van der Waals surface area (Å²) in [6, 6.07) is 5.76. The Balaban J connectivity index is 1.75. The summed E-state index contributed by atoms with van der Waals surface area (Å²) in [6.07, 6.45) is 1.75. The smallest absolute Gasteiger partial charge is 0.315 e. The van der Waals surface area contributed by atoms with Crippen molar-refractivity contribution >= 4 is 11.8 Å². The molecule has 7 heteroatoms. The maximum absolute atomic E-state index is 12.0. The summed E-state index contributed by atoms with van der Waals surface area (Å²) in [6.45, 7) is 7.99. The van der Waals surface area contributed by atoms with Crippen molar-refractivity contribution in [3.63, 3.8) is 0 Å². The van der Waals surface area contributed by atoms with E-state index in [1.807, 2.05) is 49.7 Å². The average molecular weight is 344 g/mol. The van der Waals surface area contributed by atoms with E-state index in [1.165, 1.54) is 0 Å². The van der Waals surface area contributed by atoms with Gasteiger partial charge in [-0.25, -0.2) is 9.78 Å². The summed E-state index contributed by atoms with van der Waals surface area (Å²) in [5, 5.41) is 10.3. The Labute approximate surface area is 149 Å². The van der Waals surface area contributed by atoms with Crippen molar-refractivity contribution in [1.82, 2.24) is 25.4 Å². The third kappa shape index (κ3) is 5.77. The topological polar surface area (TPSA) is 75.1 Å². The summed E-state index contributed by atoms with van der Waals surface area (Å²) >= 11 is 0. The Bertz CT molecular complexity index is 709. The molecule has 0 spiro atoms. The van der Waals surface area contributed by atoms with Crippen molar-refractivity contribution in [3.05, 3.63) is 41.3 Å². The van der Waals surface area contributed by atoms with Gasteiger partial charge >= 0.3 is 6.03 Å². The molecule has 25 heavy (non-hydrogen) atoms. The number of rotatable bonds is 7. The quantitative estimate of drug-likeness (QED) is 0.806. The number of pyridine rings is 1. The van der Waals surface area contributed by atoms with E-state index in [1.54, 1.807) is 6.20 Å². The number of nitrogens with zero attached hydrogens (tertiary/aromatic N) is 4. The fraction of sp³-hybridized carbons (Fsp3) is 0.500. The van der Waals surface area contributed by atoms with Crippen molar-refractivity contribution in [3.8, 4) is 0 Å². The molecular weight excluding hydrogens is 316 g/mol. The van der Waals surface area contributed by atoms with Gasteiger partial charge in [-0.2, -0.15) is 5.10 Å². The number of anilines is 1. The lowest BCUT2D eigenvalue weighted by atomic mass is 10.2. The minimum Gasteiger partial charge on any atom is -0.363 e. The molecule has 0 aliphatic rings. The summed E-state index contributed by atoms with van der Waals surface area (Å²) < 4.78 is 1.99. The second-order valence-corrected chi connectivity index (χ2v) is 6.69. The Hall–Kier alpha value is -2.57. The third-order valence-electron chi connectivity index (χ3n) is 3.92. The zero-order valence-electron chi connectivity index (χ0n) is 15.7. The van der Waals surface area contributed by atoms with Crippen molar-refractivity contribution < 1.29 is 4.79 Å². The van der Waals surface area contributed by atoms with Crippen LogP contribution < -0.4 is 15.5 Å². The van der Waals surface area contributed by atoms with Gasteiger partial charge in [-0.3, -0.25) is 4.68 Å². The Morgan fingerprint density at radius 1 is 1.28 bits per heavy atom. The molecule has 2 aromatic heterocycles. The van der Waals surface area contributed by atoms with Gasteiger partial charge in [-0.05, 0) is 43.5 Å². The number of urea groups is 1. The van der Waals surface area contributed by atoms with E-state index in [0.29, 0.717) is 19.0 Å². The highest BCUT2D eigenvalue weighted by molar-refractivity contribution is 5.73. The van der Waals surface area contributed by atoms with E-state index >= 15 is 0 Å². The number of nitrogens with one attached hydrogen (secondary N) is 2. The van der Waals surface area contributed by atoms with Crippen molar-refractivity contribution in [2.45, 2.75) is 33.9 Å². The molecule has 136 valence electrons. The molecule has 0 fully saturated rings. The van der Waals surface area contributed by atoms with Crippen LogP contribution in [0.15, 0.2) is 24.4 Å². The van der Waals surface area contributed by atoms with Crippen LogP contribution in [0.3, 0.4) is 0 Å². The molecular formula is C18H28N6O. The molecule has 0 aliphatic carbocycles. The predicted molar refractivity (Wildman–Crippen MR) is 99.7 cm³/mol. The van der Waals surface area contributed by atoms with Crippen LogP contribution in [0.25, 0.3) is 0 Å². The fourth-order valence-electron chi connectivity index (χ4n) is 2.55. The van der Waals surface area contributed by atoms with Crippen molar-refractivity contribution in [2.24, 2.45) is 5.92 Å².